The summed E-state index contributed by atoms with van der Waals surface area (Å²) < 4.78 is 0. The quantitative estimate of drug-likeness (QED) is 0.809. The van der Waals surface area contributed by atoms with Crippen LogP contribution in [0.5, 0.6) is 0 Å². The largest absolute Gasteiger partial charge is 0.361 e. The zero-order valence-electron chi connectivity index (χ0n) is 14.3. The summed E-state index contributed by atoms with van der Waals surface area (Å²) in [5.41, 5.74) is 3.93. The van der Waals surface area contributed by atoms with Gasteiger partial charge in [-0.1, -0.05) is 11.6 Å². The van der Waals surface area contributed by atoms with Crippen LogP contribution in [0.3, 0.4) is 0 Å². The molecule has 2 aromatic rings. The van der Waals surface area contributed by atoms with Crippen LogP contribution in [0.1, 0.15) is 30.4 Å². The van der Waals surface area contributed by atoms with Crippen molar-refractivity contribution < 1.29 is 4.79 Å². The van der Waals surface area contributed by atoms with Gasteiger partial charge in [-0.2, -0.15) is 0 Å². The molecule has 2 fully saturated rings. The average molecular weight is 326 g/mol. The molecular weight excluding hydrogens is 300 g/mol. The molecule has 1 aromatic heterocycles. The highest BCUT2D eigenvalue weighted by Gasteiger charge is 2.31. The van der Waals surface area contributed by atoms with E-state index in [-0.39, 0.29) is 6.03 Å². The number of benzene rings is 1. The van der Waals surface area contributed by atoms with Crippen LogP contribution in [0.25, 0.3) is 10.9 Å². The van der Waals surface area contributed by atoms with Crippen LogP contribution in [0.15, 0.2) is 24.4 Å². The van der Waals surface area contributed by atoms with E-state index in [1.807, 2.05) is 4.90 Å². The van der Waals surface area contributed by atoms with Gasteiger partial charge in [0.25, 0.3) is 0 Å². The van der Waals surface area contributed by atoms with Gasteiger partial charge in [0.1, 0.15) is 0 Å². The van der Waals surface area contributed by atoms with Crippen LogP contribution in [0, 0.1) is 6.92 Å². The van der Waals surface area contributed by atoms with E-state index in [1.165, 1.54) is 22.0 Å². The summed E-state index contributed by atoms with van der Waals surface area (Å²) >= 11 is 0. The normalized spacial score (nSPS) is 24.5. The lowest BCUT2D eigenvalue weighted by Crippen LogP contribution is -2.49. The van der Waals surface area contributed by atoms with Crippen LogP contribution in [-0.4, -0.2) is 47.6 Å². The number of aromatic nitrogens is 1. The number of nitrogens with one attached hydrogen (secondary N) is 3. The van der Waals surface area contributed by atoms with E-state index >= 15 is 0 Å². The number of aromatic amines is 1. The Morgan fingerprint density at radius 1 is 1.29 bits per heavy atom. The Bertz CT molecular complexity index is 738. The van der Waals surface area contributed by atoms with Gasteiger partial charge in [-0.3, -0.25) is 0 Å². The van der Waals surface area contributed by atoms with E-state index in [2.05, 4.69) is 46.9 Å². The Morgan fingerprint density at radius 2 is 2.21 bits per heavy atom. The molecule has 2 aliphatic heterocycles. The third-order valence-corrected chi connectivity index (χ3v) is 5.48. The molecule has 0 spiro atoms. The van der Waals surface area contributed by atoms with Crippen molar-refractivity contribution in [2.24, 2.45) is 0 Å². The zero-order chi connectivity index (χ0) is 16.5. The lowest BCUT2D eigenvalue weighted by molar-refractivity contribution is 0.169. The van der Waals surface area contributed by atoms with E-state index in [0.717, 1.165) is 45.3 Å². The second kappa shape index (κ2) is 6.48. The highest BCUT2D eigenvalue weighted by atomic mass is 16.2. The van der Waals surface area contributed by atoms with Gasteiger partial charge < -0.3 is 20.5 Å². The van der Waals surface area contributed by atoms with Crippen LogP contribution in [0.2, 0.25) is 0 Å². The molecule has 4 rings (SSSR count). The van der Waals surface area contributed by atoms with Crippen molar-refractivity contribution in [1.29, 1.82) is 0 Å². The van der Waals surface area contributed by atoms with Gasteiger partial charge in [0.2, 0.25) is 0 Å². The first-order valence-corrected chi connectivity index (χ1v) is 9.05. The molecule has 1 aromatic carbocycles. The third kappa shape index (κ3) is 3.00. The van der Waals surface area contributed by atoms with E-state index < -0.39 is 0 Å². The molecule has 0 aliphatic carbocycles. The number of amides is 2. The molecule has 24 heavy (non-hydrogen) atoms. The fraction of sp³-hybridized carbons (Fsp3) is 0.526. The molecule has 0 radical (unpaired) electrons. The summed E-state index contributed by atoms with van der Waals surface area (Å²) in [6.07, 6.45) is 6.47. The maximum atomic E-state index is 11.9. The summed E-state index contributed by atoms with van der Waals surface area (Å²) in [5.74, 6) is 0. The number of H-pyrrole nitrogens is 1. The topological polar surface area (TPSA) is 60.2 Å². The third-order valence-electron chi connectivity index (χ3n) is 5.48. The Kier molecular flexibility index (Phi) is 4.19. The summed E-state index contributed by atoms with van der Waals surface area (Å²) in [5, 5.41) is 7.91. The number of carbonyl (C=O) groups is 1. The van der Waals surface area contributed by atoms with E-state index in [9.17, 15) is 4.79 Å². The predicted octanol–water partition coefficient (Wildman–Crippen LogP) is 2.55. The van der Waals surface area contributed by atoms with E-state index in [1.54, 1.807) is 0 Å². The minimum absolute atomic E-state index is 0.118. The van der Waals surface area contributed by atoms with Crippen molar-refractivity contribution in [2.75, 3.05) is 19.6 Å². The van der Waals surface area contributed by atoms with E-state index in [0.29, 0.717) is 12.1 Å². The molecule has 3 heterocycles. The number of aryl methyl sites for hydroxylation is 2. The molecule has 3 N–H and O–H groups in total. The second-order valence-electron chi connectivity index (χ2n) is 7.16. The van der Waals surface area contributed by atoms with Crippen LogP contribution in [-0.2, 0) is 6.42 Å². The van der Waals surface area contributed by atoms with Gasteiger partial charge in [-0.25, -0.2) is 4.79 Å². The minimum Gasteiger partial charge on any atom is -0.361 e. The fourth-order valence-electron chi connectivity index (χ4n) is 4.15. The molecule has 2 aliphatic rings. The Balaban J connectivity index is 1.39. The standard InChI is InChI=1S/C19H26N4O/c1-13-2-5-18-17(10-13)14(12-22-18)3-4-15-11-16(6-7-20-15)23-9-8-21-19(23)24/h2,5,10,12,15-16,20,22H,3-4,6-9,11H2,1H3,(H,21,24). The summed E-state index contributed by atoms with van der Waals surface area (Å²) in [6, 6.07) is 7.59. The van der Waals surface area contributed by atoms with Gasteiger partial charge >= 0.3 is 6.03 Å². The van der Waals surface area contributed by atoms with Crippen molar-refractivity contribution >= 4 is 16.9 Å². The zero-order valence-corrected chi connectivity index (χ0v) is 14.3. The Labute approximate surface area is 142 Å². The van der Waals surface area contributed by atoms with Crippen molar-refractivity contribution in [1.82, 2.24) is 20.5 Å². The van der Waals surface area contributed by atoms with Crippen LogP contribution >= 0.6 is 0 Å². The van der Waals surface area contributed by atoms with Gasteiger partial charge in [-0.15, -0.1) is 0 Å². The smallest absolute Gasteiger partial charge is 0.317 e. The molecule has 0 saturated carbocycles. The SMILES string of the molecule is Cc1ccc2[nH]cc(CCC3CC(N4CCNC4=O)CCN3)c2c1. The number of hydrogen-bond acceptors (Lipinski definition) is 2. The number of urea groups is 1. The Hall–Kier alpha value is -2.01. The first-order chi connectivity index (χ1) is 11.7. The van der Waals surface area contributed by atoms with Gasteiger partial charge in [0.05, 0.1) is 0 Å². The molecule has 5 heteroatoms. The predicted molar refractivity (Wildman–Crippen MR) is 96.3 cm³/mol. The molecule has 2 saturated heterocycles. The monoisotopic (exact) mass is 326 g/mol. The Morgan fingerprint density at radius 3 is 3.04 bits per heavy atom. The van der Waals surface area contributed by atoms with Crippen molar-refractivity contribution in [3.63, 3.8) is 0 Å². The van der Waals surface area contributed by atoms with Crippen molar-refractivity contribution in [3.05, 3.63) is 35.5 Å². The van der Waals surface area contributed by atoms with Crippen LogP contribution in [0.4, 0.5) is 4.79 Å². The molecule has 128 valence electrons. The molecule has 2 unspecified atom stereocenters. The summed E-state index contributed by atoms with van der Waals surface area (Å²) in [7, 11) is 0. The number of carbonyl (C=O) groups excluding carboxylic acids is 1. The summed E-state index contributed by atoms with van der Waals surface area (Å²) in [6.45, 7) is 4.80. The molecule has 2 atom stereocenters. The summed E-state index contributed by atoms with van der Waals surface area (Å²) in [4.78, 5) is 17.3. The molecule has 5 nitrogen and oxygen atoms in total. The first-order valence-electron chi connectivity index (χ1n) is 9.05. The van der Waals surface area contributed by atoms with Crippen molar-refractivity contribution in [3.8, 4) is 0 Å². The molecule has 0 bridgehead atoms. The highest BCUT2D eigenvalue weighted by Crippen LogP contribution is 2.24. The van der Waals surface area contributed by atoms with Gasteiger partial charge in [0, 0.05) is 42.3 Å². The highest BCUT2D eigenvalue weighted by molar-refractivity contribution is 5.83. The average Bonchev–Trinajstić information content (AvgIpc) is 3.19. The van der Waals surface area contributed by atoms with Crippen molar-refractivity contribution in [2.45, 2.75) is 44.7 Å². The number of hydrogen-bond donors (Lipinski definition) is 3. The molecular formula is C19H26N4O. The second-order valence-corrected chi connectivity index (χ2v) is 7.16. The number of piperidine rings is 1. The first kappa shape index (κ1) is 15.5. The lowest BCUT2D eigenvalue weighted by atomic mass is 9.93. The fourth-order valence-corrected chi connectivity index (χ4v) is 4.15. The van der Waals surface area contributed by atoms with Crippen LogP contribution < -0.4 is 10.6 Å². The number of nitrogens with zero attached hydrogens (tertiary/aromatic N) is 1. The van der Waals surface area contributed by atoms with Gasteiger partial charge in [-0.05, 0) is 56.8 Å². The minimum atomic E-state index is 0.118. The van der Waals surface area contributed by atoms with Gasteiger partial charge in [0.15, 0.2) is 0 Å². The number of rotatable bonds is 4. The number of fused-ring (bicyclic) bond motifs is 1. The maximum absolute atomic E-state index is 11.9. The lowest BCUT2D eigenvalue weighted by Gasteiger charge is -2.35. The van der Waals surface area contributed by atoms with E-state index in [4.69, 9.17) is 0 Å². The molecule has 2 amide bonds. The maximum Gasteiger partial charge on any atom is 0.317 e.